The van der Waals surface area contributed by atoms with Gasteiger partial charge in [0.1, 0.15) is 0 Å². The zero-order chi connectivity index (χ0) is 20.3. The number of piperidine rings is 1. The maximum Gasteiger partial charge on any atom is 0.191 e. The second kappa shape index (κ2) is 11.4. The summed E-state index contributed by atoms with van der Waals surface area (Å²) in [5.41, 5.74) is 3.53. The standard InChI is InChI=1S/C23H33N5O/c1-2-24-23(26-14-10-21-5-3-4-13-25-21)27-17-19-6-8-22(9-7-19)28-15-11-20(18-29)12-16-28/h3-9,13,20,29H,2,10-12,14-18H2,1H3,(H2,24,26,27). The highest BCUT2D eigenvalue weighted by molar-refractivity contribution is 5.79. The lowest BCUT2D eigenvalue weighted by Crippen LogP contribution is -2.38. The van der Waals surface area contributed by atoms with Crippen LogP contribution in [0.5, 0.6) is 0 Å². The summed E-state index contributed by atoms with van der Waals surface area (Å²) < 4.78 is 0. The molecule has 0 aliphatic carbocycles. The van der Waals surface area contributed by atoms with E-state index in [2.05, 4.69) is 51.7 Å². The van der Waals surface area contributed by atoms with Gasteiger partial charge in [-0.3, -0.25) is 4.98 Å². The largest absolute Gasteiger partial charge is 0.396 e. The average molecular weight is 396 g/mol. The Morgan fingerprint density at radius 2 is 1.93 bits per heavy atom. The van der Waals surface area contributed by atoms with E-state index in [4.69, 9.17) is 4.99 Å². The third-order valence-electron chi connectivity index (χ3n) is 5.34. The first-order valence-corrected chi connectivity index (χ1v) is 10.7. The van der Waals surface area contributed by atoms with E-state index in [0.29, 0.717) is 19.1 Å². The van der Waals surface area contributed by atoms with Gasteiger partial charge in [-0.15, -0.1) is 0 Å². The Morgan fingerprint density at radius 3 is 2.59 bits per heavy atom. The third kappa shape index (κ3) is 6.75. The highest BCUT2D eigenvalue weighted by atomic mass is 16.3. The van der Waals surface area contributed by atoms with Crippen molar-refractivity contribution in [3.8, 4) is 0 Å². The van der Waals surface area contributed by atoms with Gasteiger partial charge in [0.2, 0.25) is 0 Å². The van der Waals surface area contributed by atoms with Crippen LogP contribution in [0.3, 0.4) is 0 Å². The van der Waals surface area contributed by atoms with Crippen molar-refractivity contribution < 1.29 is 5.11 Å². The first-order valence-electron chi connectivity index (χ1n) is 10.7. The first-order chi connectivity index (χ1) is 14.3. The molecule has 1 aliphatic rings. The summed E-state index contributed by atoms with van der Waals surface area (Å²) in [6.45, 7) is 6.70. The molecule has 0 atom stereocenters. The van der Waals surface area contributed by atoms with Gasteiger partial charge in [0.15, 0.2) is 5.96 Å². The summed E-state index contributed by atoms with van der Waals surface area (Å²) in [5, 5.41) is 16.0. The van der Waals surface area contributed by atoms with Gasteiger partial charge in [0.05, 0.1) is 6.54 Å². The van der Waals surface area contributed by atoms with E-state index in [1.807, 2.05) is 24.4 Å². The quantitative estimate of drug-likeness (QED) is 0.473. The number of aliphatic hydroxyl groups excluding tert-OH is 1. The van der Waals surface area contributed by atoms with Crippen molar-refractivity contribution in [2.75, 3.05) is 37.7 Å². The molecule has 1 fully saturated rings. The minimum absolute atomic E-state index is 0.314. The van der Waals surface area contributed by atoms with Crippen LogP contribution in [0.4, 0.5) is 5.69 Å². The highest BCUT2D eigenvalue weighted by Gasteiger charge is 2.18. The first kappa shape index (κ1) is 21.1. The number of aromatic nitrogens is 1. The summed E-state index contributed by atoms with van der Waals surface area (Å²) in [7, 11) is 0. The Bertz CT molecular complexity index is 740. The minimum Gasteiger partial charge on any atom is -0.396 e. The molecule has 3 N–H and O–H groups in total. The van der Waals surface area contributed by atoms with Crippen LogP contribution in [0.2, 0.25) is 0 Å². The van der Waals surface area contributed by atoms with E-state index in [-0.39, 0.29) is 0 Å². The van der Waals surface area contributed by atoms with Crippen LogP contribution in [0.15, 0.2) is 53.7 Å². The summed E-state index contributed by atoms with van der Waals surface area (Å²) in [6, 6.07) is 14.7. The Kier molecular flexibility index (Phi) is 8.31. The monoisotopic (exact) mass is 395 g/mol. The molecule has 6 heteroatoms. The molecule has 3 rings (SSSR count). The highest BCUT2D eigenvalue weighted by Crippen LogP contribution is 2.23. The van der Waals surface area contributed by atoms with Crippen molar-refractivity contribution in [2.45, 2.75) is 32.7 Å². The molecule has 1 aliphatic heterocycles. The lowest BCUT2D eigenvalue weighted by atomic mass is 9.97. The summed E-state index contributed by atoms with van der Waals surface area (Å²) in [5.74, 6) is 1.30. The number of pyridine rings is 1. The molecule has 2 heterocycles. The van der Waals surface area contributed by atoms with Gasteiger partial charge >= 0.3 is 0 Å². The molecule has 0 amide bonds. The Balaban J connectivity index is 1.49. The van der Waals surface area contributed by atoms with Crippen LogP contribution in [0.1, 0.15) is 31.0 Å². The normalized spacial score (nSPS) is 15.4. The van der Waals surface area contributed by atoms with Gasteiger partial charge in [-0.05, 0) is 55.5 Å². The van der Waals surface area contributed by atoms with E-state index < -0.39 is 0 Å². The van der Waals surface area contributed by atoms with Crippen LogP contribution in [-0.2, 0) is 13.0 Å². The SMILES string of the molecule is CCNC(=NCc1ccc(N2CCC(CO)CC2)cc1)NCCc1ccccn1. The number of hydrogen-bond acceptors (Lipinski definition) is 4. The third-order valence-corrected chi connectivity index (χ3v) is 5.34. The van der Waals surface area contributed by atoms with Gasteiger partial charge in [-0.25, -0.2) is 4.99 Å². The van der Waals surface area contributed by atoms with Crippen LogP contribution >= 0.6 is 0 Å². The Morgan fingerprint density at radius 1 is 1.14 bits per heavy atom. The fourth-order valence-corrected chi connectivity index (χ4v) is 3.55. The molecule has 1 aromatic carbocycles. The molecule has 0 radical (unpaired) electrons. The van der Waals surface area contributed by atoms with E-state index in [9.17, 15) is 5.11 Å². The molecular formula is C23H33N5O. The maximum atomic E-state index is 9.29. The molecule has 0 saturated carbocycles. The fourth-order valence-electron chi connectivity index (χ4n) is 3.55. The predicted octanol–water partition coefficient (Wildman–Crippen LogP) is 2.59. The van der Waals surface area contributed by atoms with Crippen molar-refractivity contribution in [1.29, 1.82) is 0 Å². The van der Waals surface area contributed by atoms with Crippen LogP contribution < -0.4 is 15.5 Å². The molecule has 1 saturated heterocycles. The average Bonchev–Trinajstić information content (AvgIpc) is 2.78. The molecule has 0 unspecified atom stereocenters. The predicted molar refractivity (Wildman–Crippen MR) is 119 cm³/mol. The summed E-state index contributed by atoms with van der Waals surface area (Å²) >= 11 is 0. The molecule has 29 heavy (non-hydrogen) atoms. The van der Waals surface area contributed by atoms with Crippen molar-refractivity contribution in [1.82, 2.24) is 15.6 Å². The maximum absolute atomic E-state index is 9.29. The van der Waals surface area contributed by atoms with Crippen LogP contribution in [0.25, 0.3) is 0 Å². The lowest BCUT2D eigenvalue weighted by Gasteiger charge is -2.32. The molecule has 2 aromatic rings. The van der Waals surface area contributed by atoms with E-state index in [1.165, 1.54) is 11.3 Å². The number of guanidine groups is 1. The Hall–Kier alpha value is -2.60. The van der Waals surface area contributed by atoms with Crippen molar-refractivity contribution >= 4 is 11.6 Å². The fraction of sp³-hybridized carbons (Fsp3) is 0.478. The van der Waals surface area contributed by atoms with Crippen molar-refractivity contribution in [3.05, 3.63) is 59.9 Å². The van der Waals surface area contributed by atoms with Gasteiger partial charge < -0.3 is 20.6 Å². The zero-order valence-corrected chi connectivity index (χ0v) is 17.3. The Labute approximate surface area is 174 Å². The molecule has 156 valence electrons. The number of rotatable bonds is 8. The number of nitrogens with zero attached hydrogens (tertiary/aromatic N) is 3. The van der Waals surface area contributed by atoms with E-state index >= 15 is 0 Å². The lowest BCUT2D eigenvalue weighted by molar-refractivity contribution is 0.203. The molecule has 6 nitrogen and oxygen atoms in total. The summed E-state index contributed by atoms with van der Waals surface area (Å²) in [6.07, 6.45) is 4.83. The minimum atomic E-state index is 0.314. The number of nitrogens with one attached hydrogen (secondary N) is 2. The molecule has 0 bridgehead atoms. The number of aliphatic imine (C=N–C) groups is 1. The van der Waals surface area contributed by atoms with E-state index in [0.717, 1.165) is 57.1 Å². The number of anilines is 1. The zero-order valence-electron chi connectivity index (χ0n) is 17.3. The van der Waals surface area contributed by atoms with Crippen molar-refractivity contribution in [2.24, 2.45) is 10.9 Å². The number of hydrogen-bond donors (Lipinski definition) is 3. The number of aliphatic hydroxyl groups is 1. The van der Waals surface area contributed by atoms with Crippen LogP contribution in [-0.4, -0.2) is 48.8 Å². The van der Waals surface area contributed by atoms with Gasteiger partial charge in [0, 0.05) is 56.8 Å². The smallest absolute Gasteiger partial charge is 0.191 e. The molecular weight excluding hydrogens is 362 g/mol. The number of benzene rings is 1. The summed E-state index contributed by atoms with van der Waals surface area (Å²) in [4.78, 5) is 11.5. The molecule has 0 spiro atoms. The van der Waals surface area contributed by atoms with Crippen molar-refractivity contribution in [3.63, 3.8) is 0 Å². The second-order valence-corrected chi connectivity index (χ2v) is 7.47. The van der Waals surface area contributed by atoms with Gasteiger partial charge in [-0.1, -0.05) is 18.2 Å². The second-order valence-electron chi connectivity index (χ2n) is 7.47. The van der Waals surface area contributed by atoms with Gasteiger partial charge in [0.25, 0.3) is 0 Å². The topological polar surface area (TPSA) is 72.8 Å². The van der Waals surface area contributed by atoms with E-state index in [1.54, 1.807) is 0 Å². The van der Waals surface area contributed by atoms with Crippen LogP contribution in [0, 0.1) is 5.92 Å². The molecule has 1 aromatic heterocycles. The van der Waals surface area contributed by atoms with Gasteiger partial charge in [-0.2, -0.15) is 0 Å².